The number of hydrogen-bond acceptors (Lipinski definition) is 6. The maximum Gasteiger partial charge on any atom is 0.335 e. The van der Waals surface area contributed by atoms with Crippen LogP contribution in [0.25, 0.3) is 6.08 Å². The van der Waals surface area contributed by atoms with E-state index in [4.69, 9.17) is 27.9 Å². The van der Waals surface area contributed by atoms with E-state index in [1.165, 1.54) is 30.3 Å². The topological polar surface area (TPSA) is 119 Å². The minimum absolute atomic E-state index is 0.0453. The van der Waals surface area contributed by atoms with E-state index < -0.39 is 22.8 Å². The first-order chi connectivity index (χ1) is 16.7. The van der Waals surface area contributed by atoms with Gasteiger partial charge in [0, 0.05) is 12.1 Å². The van der Waals surface area contributed by atoms with Crippen LogP contribution in [-0.2, 0) is 16.2 Å². The smallest absolute Gasteiger partial charge is 0.335 e. The first-order valence-electron chi connectivity index (χ1n) is 10.1. The lowest BCUT2D eigenvalue weighted by molar-refractivity contribution is -0.384. The summed E-state index contributed by atoms with van der Waals surface area (Å²) in [5, 5.41) is 13.1. The Morgan fingerprint density at radius 3 is 2.20 bits per heavy atom. The summed E-state index contributed by atoms with van der Waals surface area (Å²) in [6.07, 6.45) is 1.28. The van der Waals surface area contributed by atoms with E-state index in [9.17, 15) is 24.5 Å². The SMILES string of the molecule is O=C1NC(=O)N(c2ccccc2)C(=O)/C1=C/c1cc(Cl)c(OCc2ccc([N+](=O)[O-])cc2)c(Cl)c1. The number of urea groups is 1. The second-order valence-corrected chi connectivity index (χ2v) is 8.13. The maximum absolute atomic E-state index is 13.0. The van der Waals surface area contributed by atoms with Crippen molar-refractivity contribution in [1.82, 2.24) is 5.32 Å². The summed E-state index contributed by atoms with van der Waals surface area (Å²) >= 11 is 12.7. The normalized spacial score (nSPS) is 14.7. The molecule has 1 heterocycles. The summed E-state index contributed by atoms with van der Waals surface area (Å²) in [4.78, 5) is 48.7. The summed E-state index contributed by atoms with van der Waals surface area (Å²) in [5.41, 5.74) is 0.975. The molecule has 0 bridgehead atoms. The van der Waals surface area contributed by atoms with Crippen molar-refractivity contribution in [2.75, 3.05) is 4.90 Å². The lowest BCUT2D eigenvalue weighted by atomic mass is 10.1. The Labute approximate surface area is 208 Å². The van der Waals surface area contributed by atoms with Gasteiger partial charge < -0.3 is 4.74 Å². The summed E-state index contributed by atoms with van der Waals surface area (Å²) in [6, 6.07) is 16.0. The molecule has 1 N–H and O–H groups in total. The minimum Gasteiger partial charge on any atom is -0.486 e. The standard InChI is InChI=1S/C24H15Cl2N3O6/c25-19-11-15(12-20(26)21(19)35-13-14-6-8-17(9-7-14)29(33)34)10-18-22(30)27-24(32)28(23(18)31)16-4-2-1-3-5-16/h1-12H,13H2,(H,27,30,32)/b18-10+. The second kappa shape index (κ2) is 9.96. The number of para-hydroxylation sites is 1. The van der Waals surface area contributed by atoms with Gasteiger partial charge in [0.15, 0.2) is 5.75 Å². The molecule has 3 aromatic carbocycles. The molecular weight excluding hydrogens is 497 g/mol. The van der Waals surface area contributed by atoms with Gasteiger partial charge in [-0.3, -0.25) is 25.0 Å². The number of hydrogen-bond donors (Lipinski definition) is 1. The molecule has 0 radical (unpaired) electrons. The predicted molar refractivity (Wildman–Crippen MR) is 129 cm³/mol. The van der Waals surface area contributed by atoms with Gasteiger partial charge in [0.2, 0.25) is 0 Å². The van der Waals surface area contributed by atoms with Crippen LogP contribution >= 0.6 is 23.2 Å². The van der Waals surface area contributed by atoms with Gasteiger partial charge in [0.1, 0.15) is 12.2 Å². The van der Waals surface area contributed by atoms with Crippen molar-refractivity contribution < 1.29 is 24.0 Å². The van der Waals surface area contributed by atoms with Gasteiger partial charge in [-0.1, -0.05) is 41.4 Å². The van der Waals surface area contributed by atoms with Crippen molar-refractivity contribution in [1.29, 1.82) is 0 Å². The van der Waals surface area contributed by atoms with Gasteiger partial charge in [0.25, 0.3) is 17.5 Å². The number of nitrogens with zero attached hydrogens (tertiary/aromatic N) is 2. The number of anilines is 1. The fourth-order valence-corrected chi connectivity index (χ4v) is 3.92. The van der Waals surface area contributed by atoms with Gasteiger partial charge in [-0.15, -0.1) is 0 Å². The van der Waals surface area contributed by atoms with Crippen LogP contribution in [0.5, 0.6) is 5.75 Å². The highest BCUT2D eigenvalue weighted by molar-refractivity contribution is 6.40. The van der Waals surface area contributed by atoms with E-state index in [0.29, 0.717) is 16.8 Å². The Morgan fingerprint density at radius 1 is 0.971 bits per heavy atom. The zero-order valence-corrected chi connectivity index (χ0v) is 19.2. The van der Waals surface area contributed by atoms with Crippen molar-refractivity contribution >= 4 is 58.5 Å². The number of benzene rings is 3. The van der Waals surface area contributed by atoms with Crippen LogP contribution in [0, 0.1) is 10.1 Å². The quantitative estimate of drug-likeness (QED) is 0.211. The van der Waals surface area contributed by atoms with Crippen LogP contribution in [0.15, 0.2) is 72.3 Å². The lowest BCUT2D eigenvalue weighted by Crippen LogP contribution is -2.54. The molecule has 0 atom stereocenters. The minimum atomic E-state index is -0.852. The molecule has 1 aliphatic rings. The van der Waals surface area contributed by atoms with Crippen LogP contribution in [-0.4, -0.2) is 22.8 Å². The highest BCUT2D eigenvalue weighted by Crippen LogP contribution is 2.36. The van der Waals surface area contributed by atoms with Gasteiger partial charge in [-0.2, -0.15) is 0 Å². The van der Waals surface area contributed by atoms with Crippen LogP contribution in [0.1, 0.15) is 11.1 Å². The number of rotatable bonds is 6. The zero-order valence-electron chi connectivity index (χ0n) is 17.7. The first-order valence-corrected chi connectivity index (χ1v) is 10.8. The van der Waals surface area contributed by atoms with Crippen molar-refractivity contribution in [2.45, 2.75) is 6.61 Å². The van der Waals surface area contributed by atoms with E-state index in [-0.39, 0.29) is 33.7 Å². The van der Waals surface area contributed by atoms with Gasteiger partial charge in [-0.05, 0) is 53.6 Å². The highest BCUT2D eigenvalue weighted by Gasteiger charge is 2.36. The number of amides is 4. The highest BCUT2D eigenvalue weighted by atomic mass is 35.5. The lowest BCUT2D eigenvalue weighted by Gasteiger charge is -2.26. The molecule has 4 amide bonds. The number of carbonyl (C=O) groups is 3. The number of nitro groups is 1. The summed E-state index contributed by atoms with van der Waals surface area (Å²) in [5.74, 6) is -1.48. The summed E-state index contributed by atoms with van der Waals surface area (Å²) in [6.45, 7) is 0.0485. The van der Waals surface area contributed by atoms with Gasteiger partial charge >= 0.3 is 6.03 Å². The van der Waals surface area contributed by atoms with Gasteiger partial charge in [-0.25, -0.2) is 9.69 Å². The Kier molecular flexibility index (Phi) is 6.81. The van der Waals surface area contributed by atoms with Crippen LogP contribution in [0.2, 0.25) is 10.0 Å². The molecule has 0 spiro atoms. The molecule has 0 saturated carbocycles. The summed E-state index contributed by atoms with van der Waals surface area (Å²) in [7, 11) is 0. The molecular formula is C24H15Cl2N3O6. The predicted octanol–water partition coefficient (Wildman–Crippen LogP) is 5.15. The monoisotopic (exact) mass is 511 g/mol. The summed E-state index contributed by atoms with van der Waals surface area (Å²) < 4.78 is 5.68. The van der Waals surface area contributed by atoms with E-state index >= 15 is 0 Å². The van der Waals surface area contributed by atoms with E-state index in [1.807, 2.05) is 0 Å². The molecule has 176 valence electrons. The van der Waals surface area contributed by atoms with E-state index in [2.05, 4.69) is 5.32 Å². The molecule has 35 heavy (non-hydrogen) atoms. The zero-order chi connectivity index (χ0) is 25.1. The van der Waals surface area contributed by atoms with Crippen molar-refractivity contribution in [3.8, 4) is 5.75 Å². The third-order valence-corrected chi connectivity index (χ3v) is 5.54. The number of barbiturate groups is 1. The Hall–Kier alpha value is -4.21. The Bertz CT molecular complexity index is 1350. The number of nitrogens with one attached hydrogen (secondary N) is 1. The number of nitro benzene ring substituents is 1. The molecule has 0 unspecified atom stereocenters. The molecule has 9 nitrogen and oxygen atoms in total. The molecule has 1 aliphatic heterocycles. The first kappa shape index (κ1) is 23.9. The number of ether oxygens (including phenoxy) is 1. The molecule has 3 aromatic rings. The third kappa shape index (κ3) is 5.16. The Morgan fingerprint density at radius 2 is 1.60 bits per heavy atom. The van der Waals surface area contributed by atoms with Crippen molar-refractivity contribution in [3.05, 3.63) is 104 Å². The molecule has 11 heteroatoms. The van der Waals surface area contributed by atoms with Crippen LogP contribution in [0.3, 0.4) is 0 Å². The van der Waals surface area contributed by atoms with Gasteiger partial charge in [0.05, 0.1) is 20.7 Å². The second-order valence-electron chi connectivity index (χ2n) is 7.32. The maximum atomic E-state index is 13.0. The number of non-ortho nitro benzene ring substituents is 1. The van der Waals surface area contributed by atoms with E-state index in [1.54, 1.807) is 42.5 Å². The number of carbonyl (C=O) groups excluding carboxylic acids is 3. The van der Waals surface area contributed by atoms with Crippen LogP contribution in [0.4, 0.5) is 16.2 Å². The van der Waals surface area contributed by atoms with Crippen molar-refractivity contribution in [3.63, 3.8) is 0 Å². The fraction of sp³-hybridized carbons (Fsp3) is 0.0417. The van der Waals surface area contributed by atoms with Crippen molar-refractivity contribution in [2.24, 2.45) is 0 Å². The molecule has 0 aliphatic carbocycles. The Balaban J connectivity index is 1.56. The molecule has 0 aromatic heterocycles. The average Bonchev–Trinajstić information content (AvgIpc) is 2.82. The molecule has 1 saturated heterocycles. The third-order valence-electron chi connectivity index (χ3n) is 4.98. The fourth-order valence-electron chi connectivity index (χ4n) is 3.31. The molecule has 4 rings (SSSR count). The van der Waals surface area contributed by atoms with E-state index in [0.717, 1.165) is 4.90 Å². The average molecular weight is 512 g/mol. The van der Waals surface area contributed by atoms with Crippen LogP contribution < -0.4 is 15.0 Å². The largest absolute Gasteiger partial charge is 0.486 e. The number of imide groups is 2. The molecule has 1 fully saturated rings. The number of halogens is 2.